The second-order valence-corrected chi connectivity index (χ2v) is 6.55. The zero-order valence-electron chi connectivity index (χ0n) is 13.3. The summed E-state index contributed by atoms with van der Waals surface area (Å²) in [5, 5.41) is 4.32. The Kier molecular flexibility index (Phi) is 2.83. The van der Waals surface area contributed by atoms with E-state index in [0.29, 0.717) is 6.04 Å². The van der Waals surface area contributed by atoms with Gasteiger partial charge in [-0.3, -0.25) is 4.79 Å². The molecule has 1 aromatic carbocycles. The van der Waals surface area contributed by atoms with E-state index >= 15 is 0 Å². The van der Waals surface area contributed by atoms with Crippen LogP contribution in [0, 0.1) is 0 Å². The van der Waals surface area contributed by atoms with Gasteiger partial charge in [0.15, 0.2) is 0 Å². The number of nitrogens with one attached hydrogen (secondary N) is 1. The minimum atomic E-state index is 0.0523. The molecule has 2 aromatic heterocycles. The van der Waals surface area contributed by atoms with Crippen LogP contribution >= 0.6 is 0 Å². The van der Waals surface area contributed by atoms with Crippen molar-refractivity contribution in [3.8, 4) is 0 Å². The van der Waals surface area contributed by atoms with Gasteiger partial charge in [-0.15, -0.1) is 0 Å². The number of aryl methyl sites for hydroxylation is 1. The van der Waals surface area contributed by atoms with Crippen LogP contribution in [-0.2, 0) is 7.05 Å². The smallest absolute Gasteiger partial charge is 0.268 e. The Hall–Kier alpha value is -2.23. The molecule has 22 heavy (non-hydrogen) atoms. The molecular formula is C18H21N3O. The molecule has 1 amide bonds. The van der Waals surface area contributed by atoms with E-state index in [-0.39, 0.29) is 11.9 Å². The third kappa shape index (κ3) is 1.86. The average Bonchev–Trinajstić information content (AvgIpc) is 3.14. The monoisotopic (exact) mass is 295 g/mol. The molecule has 1 aliphatic carbocycles. The maximum atomic E-state index is 12.6. The van der Waals surface area contributed by atoms with Gasteiger partial charge in [0.1, 0.15) is 5.69 Å². The van der Waals surface area contributed by atoms with E-state index in [1.54, 1.807) is 0 Å². The number of aromatic nitrogens is 2. The first-order chi connectivity index (χ1) is 10.6. The molecule has 4 nitrogen and oxygen atoms in total. The molecule has 114 valence electrons. The Bertz CT molecular complexity index is 881. The van der Waals surface area contributed by atoms with Gasteiger partial charge < -0.3 is 14.5 Å². The highest BCUT2D eigenvalue weighted by Crippen LogP contribution is 2.33. The molecule has 1 fully saturated rings. The number of hydrogen-bond acceptors (Lipinski definition) is 1. The van der Waals surface area contributed by atoms with Gasteiger partial charge in [-0.2, -0.15) is 0 Å². The van der Waals surface area contributed by atoms with Crippen LogP contribution in [0.1, 0.15) is 43.2 Å². The Labute approximate surface area is 129 Å². The molecule has 1 saturated carbocycles. The molecule has 0 saturated heterocycles. The lowest BCUT2D eigenvalue weighted by Crippen LogP contribution is -2.28. The van der Waals surface area contributed by atoms with Crippen molar-refractivity contribution >= 4 is 27.8 Å². The summed E-state index contributed by atoms with van der Waals surface area (Å²) in [4.78, 5) is 12.6. The van der Waals surface area contributed by atoms with Gasteiger partial charge in [0.25, 0.3) is 5.91 Å². The first-order valence-corrected chi connectivity index (χ1v) is 7.97. The zero-order valence-corrected chi connectivity index (χ0v) is 13.3. The van der Waals surface area contributed by atoms with E-state index in [1.807, 2.05) is 6.07 Å². The average molecular weight is 295 g/mol. The Balaban J connectivity index is 1.99. The lowest BCUT2D eigenvalue weighted by atomic mass is 10.2. The highest BCUT2D eigenvalue weighted by molar-refractivity contribution is 6.10. The van der Waals surface area contributed by atoms with Crippen molar-refractivity contribution in [1.82, 2.24) is 14.5 Å². The van der Waals surface area contributed by atoms with Gasteiger partial charge in [0, 0.05) is 24.5 Å². The number of carbonyl (C=O) groups excluding carboxylic acids is 1. The number of para-hydroxylation sites is 1. The third-order valence-corrected chi connectivity index (χ3v) is 4.56. The molecule has 0 bridgehead atoms. The fraction of sp³-hybridized carbons (Fsp3) is 0.389. The minimum Gasteiger partial charge on any atom is -0.348 e. The van der Waals surface area contributed by atoms with E-state index in [1.165, 1.54) is 10.9 Å². The molecule has 0 spiro atoms. The maximum absolute atomic E-state index is 12.6. The van der Waals surface area contributed by atoms with Crippen molar-refractivity contribution in [3.05, 3.63) is 36.0 Å². The van der Waals surface area contributed by atoms with Gasteiger partial charge >= 0.3 is 0 Å². The van der Waals surface area contributed by atoms with Crippen LogP contribution in [0.5, 0.6) is 0 Å². The zero-order chi connectivity index (χ0) is 15.4. The molecule has 3 aromatic rings. The summed E-state index contributed by atoms with van der Waals surface area (Å²) in [5.41, 5.74) is 4.26. The van der Waals surface area contributed by atoms with Crippen LogP contribution < -0.4 is 5.32 Å². The summed E-state index contributed by atoms with van der Waals surface area (Å²) in [6.45, 7) is 4.27. The highest BCUT2D eigenvalue weighted by atomic mass is 16.2. The molecule has 0 atom stereocenters. The van der Waals surface area contributed by atoms with E-state index in [0.717, 1.165) is 29.6 Å². The summed E-state index contributed by atoms with van der Waals surface area (Å²) < 4.78 is 4.35. The summed E-state index contributed by atoms with van der Waals surface area (Å²) in [6, 6.07) is 11.0. The van der Waals surface area contributed by atoms with Crippen LogP contribution in [0.15, 0.2) is 30.3 Å². The van der Waals surface area contributed by atoms with E-state index < -0.39 is 0 Å². The van der Waals surface area contributed by atoms with Gasteiger partial charge in [0.05, 0.1) is 16.6 Å². The van der Waals surface area contributed by atoms with E-state index in [9.17, 15) is 4.79 Å². The minimum absolute atomic E-state index is 0.0523. The number of rotatable bonds is 3. The molecule has 1 N–H and O–H groups in total. The Morgan fingerprint density at radius 3 is 2.64 bits per heavy atom. The lowest BCUT2D eigenvalue weighted by molar-refractivity contribution is 0.0941. The lowest BCUT2D eigenvalue weighted by Gasteiger charge is -2.14. The Morgan fingerprint density at radius 2 is 1.95 bits per heavy atom. The quantitative estimate of drug-likeness (QED) is 0.787. The van der Waals surface area contributed by atoms with Crippen LogP contribution in [0.25, 0.3) is 21.9 Å². The highest BCUT2D eigenvalue weighted by Gasteiger charge is 2.27. The number of carbonyl (C=O) groups is 1. The molecule has 0 aliphatic heterocycles. The van der Waals surface area contributed by atoms with Crippen molar-refractivity contribution in [1.29, 1.82) is 0 Å². The maximum Gasteiger partial charge on any atom is 0.268 e. The summed E-state index contributed by atoms with van der Waals surface area (Å²) >= 11 is 0. The van der Waals surface area contributed by atoms with Gasteiger partial charge in [-0.05, 0) is 38.8 Å². The van der Waals surface area contributed by atoms with Crippen LogP contribution in [0.3, 0.4) is 0 Å². The van der Waals surface area contributed by atoms with Crippen LogP contribution in [0.2, 0.25) is 0 Å². The van der Waals surface area contributed by atoms with Gasteiger partial charge in [0.2, 0.25) is 0 Å². The van der Waals surface area contributed by atoms with Gasteiger partial charge in [-0.25, -0.2) is 0 Å². The van der Waals surface area contributed by atoms with Crippen LogP contribution in [-0.4, -0.2) is 21.1 Å². The van der Waals surface area contributed by atoms with Crippen molar-refractivity contribution in [3.63, 3.8) is 0 Å². The second kappa shape index (κ2) is 4.63. The van der Waals surface area contributed by atoms with Crippen molar-refractivity contribution in [2.24, 2.45) is 7.05 Å². The molecule has 2 heterocycles. The number of amides is 1. The molecule has 4 rings (SSSR count). The summed E-state index contributed by atoms with van der Waals surface area (Å²) in [6.07, 6.45) is 2.22. The standard InChI is InChI=1S/C18H21N3O/c1-11(2)21-16(18(22)19-12-8-9-12)10-15-17(21)13-6-4-5-7-14(13)20(15)3/h4-7,10-12H,8-9H2,1-3H3,(H,19,22). The molecule has 0 radical (unpaired) electrons. The molecular weight excluding hydrogens is 274 g/mol. The van der Waals surface area contributed by atoms with Crippen molar-refractivity contribution < 1.29 is 4.79 Å². The van der Waals surface area contributed by atoms with Crippen molar-refractivity contribution in [2.75, 3.05) is 0 Å². The number of hydrogen-bond donors (Lipinski definition) is 1. The van der Waals surface area contributed by atoms with E-state index in [2.05, 4.69) is 59.6 Å². The number of fused-ring (bicyclic) bond motifs is 3. The van der Waals surface area contributed by atoms with E-state index in [4.69, 9.17) is 0 Å². The third-order valence-electron chi connectivity index (χ3n) is 4.56. The topological polar surface area (TPSA) is 39.0 Å². The fourth-order valence-electron chi connectivity index (χ4n) is 3.33. The molecule has 4 heteroatoms. The fourth-order valence-corrected chi connectivity index (χ4v) is 3.33. The second-order valence-electron chi connectivity index (χ2n) is 6.55. The first kappa shape index (κ1) is 13.4. The largest absolute Gasteiger partial charge is 0.348 e. The van der Waals surface area contributed by atoms with Crippen LogP contribution in [0.4, 0.5) is 0 Å². The first-order valence-electron chi connectivity index (χ1n) is 7.97. The summed E-state index contributed by atoms with van der Waals surface area (Å²) in [7, 11) is 2.07. The van der Waals surface area contributed by atoms with Crippen molar-refractivity contribution in [2.45, 2.75) is 38.8 Å². The van der Waals surface area contributed by atoms with Gasteiger partial charge in [-0.1, -0.05) is 18.2 Å². The normalized spacial score (nSPS) is 15.1. The SMILES string of the molecule is CC(C)n1c(C(=O)NC2CC2)cc2c1c1ccccc1n2C. The predicted molar refractivity (Wildman–Crippen MR) is 89.3 cm³/mol. The summed E-state index contributed by atoms with van der Waals surface area (Å²) in [5.74, 6) is 0.0523. The Morgan fingerprint density at radius 1 is 1.23 bits per heavy atom. The number of nitrogens with zero attached hydrogens (tertiary/aromatic N) is 2. The molecule has 1 aliphatic rings. The molecule has 0 unspecified atom stereocenters. The predicted octanol–water partition coefficient (Wildman–Crippen LogP) is 3.61. The number of benzene rings is 1.